The molecule has 1 aliphatic carbocycles. The first kappa shape index (κ1) is 10.1. The monoisotopic (exact) mass is 279 g/mol. The Balaban J connectivity index is 2.16. The van der Waals surface area contributed by atoms with Crippen LogP contribution in [0.15, 0.2) is 22.9 Å². The Morgan fingerprint density at radius 1 is 1.31 bits per heavy atom. The van der Waals surface area contributed by atoms with Crippen LogP contribution >= 0.6 is 15.9 Å². The maximum Gasteiger partial charge on any atom is 0.105 e. The summed E-state index contributed by atoms with van der Waals surface area (Å²) in [5, 5.41) is 0. The molecule has 2 aromatic rings. The summed E-state index contributed by atoms with van der Waals surface area (Å²) in [5.41, 5.74) is 8.77. The van der Waals surface area contributed by atoms with E-state index in [0.717, 1.165) is 15.7 Å². The molecule has 0 amide bonds. The summed E-state index contributed by atoms with van der Waals surface area (Å²) in [5.74, 6) is 0. The molecule has 0 bridgehead atoms. The van der Waals surface area contributed by atoms with Crippen molar-refractivity contribution in [3.05, 3.63) is 22.9 Å². The van der Waals surface area contributed by atoms with Gasteiger partial charge in [0.15, 0.2) is 0 Å². The molecular weight excluding hydrogens is 266 g/mol. The van der Waals surface area contributed by atoms with Crippen molar-refractivity contribution in [1.82, 2.24) is 9.55 Å². The maximum absolute atomic E-state index is 5.85. The lowest BCUT2D eigenvalue weighted by Gasteiger charge is -2.12. The molecule has 1 aromatic carbocycles. The van der Waals surface area contributed by atoms with Crippen LogP contribution in [0.25, 0.3) is 11.0 Å². The zero-order chi connectivity index (χ0) is 11.1. The van der Waals surface area contributed by atoms with Gasteiger partial charge in [-0.25, -0.2) is 4.98 Å². The van der Waals surface area contributed by atoms with E-state index in [4.69, 9.17) is 5.73 Å². The van der Waals surface area contributed by atoms with Crippen LogP contribution in [0.1, 0.15) is 31.7 Å². The van der Waals surface area contributed by atoms with Crippen molar-refractivity contribution in [3.8, 4) is 0 Å². The molecule has 1 aromatic heterocycles. The van der Waals surface area contributed by atoms with Gasteiger partial charge in [-0.05, 0) is 40.9 Å². The fraction of sp³-hybridized carbons (Fsp3) is 0.417. The first-order valence-electron chi connectivity index (χ1n) is 5.68. The Morgan fingerprint density at radius 3 is 2.81 bits per heavy atom. The lowest BCUT2D eigenvalue weighted by molar-refractivity contribution is 0.532. The minimum atomic E-state index is 0.625. The topological polar surface area (TPSA) is 43.8 Å². The number of aromatic nitrogens is 2. The van der Waals surface area contributed by atoms with E-state index in [1.807, 2.05) is 12.4 Å². The third-order valence-electron chi connectivity index (χ3n) is 3.43. The van der Waals surface area contributed by atoms with Gasteiger partial charge in [-0.2, -0.15) is 0 Å². The predicted octanol–water partition coefficient (Wildman–Crippen LogP) is 3.50. The lowest BCUT2D eigenvalue weighted by atomic mass is 10.2. The van der Waals surface area contributed by atoms with Crippen LogP contribution in [0.2, 0.25) is 0 Å². The number of nitrogen functional groups attached to an aromatic ring is 1. The molecular formula is C12H14BrN3. The van der Waals surface area contributed by atoms with Crippen LogP contribution in [0.4, 0.5) is 5.69 Å². The number of imidazole rings is 1. The number of rotatable bonds is 1. The Hall–Kier alpha value is -1.03. The number of anilines is 1. The second-order valence-electron chi connectivity index (χ2n) is 4.43. The van der Waals surface area contributed by atoms with Crippen molar-refractivity contribution < 1.29 is 0 Å². The molecule has 1 aliphatic rings. The standard InChI is InChI=1S/C12H14BrN3/c13-11-9(14)5-6-10-12(11)15-7-16(10)8-3-1-2-4-8/h5-8H,1-4,14H2. The zero-order valence-electron chi connectivity index (χ0n) is 8.99. The molecule has 4 heteroatoms. The normalized spacial score (nSPS) is 17.3. The maximum atomic E-state index is 5.85. The smallest absolute Gasteiger partial charge is 0.105 e. The predicted molar refractivity (Wildman–Crippen MR) is 69.4 cm³/mol. The minimum absolute atomic E-state index is 0.625. The zero-order valence-corrected chi connectivity index (χ0v) is 10.6. The van der Waals surface area contributed by atoms with Crippen LogP contribution in [0, 0.1) is 0 Å². The van der Waals surface area contributed by atoms with Gasteiger partial charge in [0.2, 0.25) is 0 Å². The molecule has 0 saturated heterocycles. The first-order chi connectivity index (χ1) is 7.77. The molecule has 1 fully saturated rings. The van der Waals surface area contributed by atoms with Crippen LogP contribution in [0.3, 0.4) is 0 Å². The Labute approximate surface area is 103 Å². The van der Waals surface area contributed by atoms with Crippen LogP contribution < -0.4 is 5.73 Å². The second-order valence-corrected chi connectivity index (χ2v) is 5.22. The van der Waals surface area contributed by atoms with Gasteiger partial charge in [0.05, 0.1) is 16.3 Å². The highest BCUT2D eigenvalue weighted by molar-refractivity contribution is 9.10. The first-order valence-corrected chi connectivity index (χ1v) is 6.47. The summed E-state index contributed by atoms with van der Waals surface area (Å²) in [6.07, 6.45) is 7.16. The van der Waals surface area contributed by atoms with Crippen LogP contribution in [-0.2, 0) is 0 Å². The minimum Gasteiger partial charge on any atom is -0.398 e. The highest BCUT2D eigenvalue weighted by atomic mass is 79.9. The Morgan fingerprint density at radius 2 is 2.06 bits per heavy atom. The third kappa shape index (κ3) is 1.44. The second kappa shape index (κ2) is 3.77. The van der Waals surface area contributed by atoms with E-state index in [2.05, 4.69) is 31.5 Å². The molecule has 2 N–H and O–H groups in total. The summed E-state index contributed by atoms with van der Waals surface area (Å²) in [4.78, 5) is 4.46. The van der Waals surface area contributed by atoms with Gasteiger partial charge in [0, 0.05) is 11.7 Å². The van der Waals surface area contributed by atoms with E-state index in [-0.39, 0.29) is 0 Å². The lowest BCUT2D eigenvalue weighted by Crippen LogP contribution is -2.02. The third-order valence-corrected chi connectivity index (χ3v) is 4.27. The number of hydrogen-bond donors (Lipinski definition) is 1. The van der Waals surface area contributed by atoms with E-state index in [9.17, 15) is 0 Å². The van der Waals surface area contributed by atoms with Crippen molar-refractivity contribution in [3.63, 3.8) is 0 Å². The van der Waals surface area contributed by atoms with E-state index in [0.29, 0.717) is 6.04 Å². The fourth-order valence-corrected chi connectivity index (χ4v) is 2.99. The van der Waals surface area contributed by atoms with Gasteiger partial charge < -0.3 is 10.3 Å². The van der Waals surface area contributed by atoms with Crippen LogP contribution in [0.5, 0.6) is 0 Å². The number of halogens is 1. The molecule has 16 heavy (non-hydrogen) atoms. The van der Waals surface area contributed by atoms with Crippen molar-refractivity contribution in [2.24, 2.45) is 0 Å². The molecule has 3 rings (SSSR count). The van der Waals surface area contributed by atoms with Gasteiger partial charge in [0.25, 0.3) is 0 Å². The van der Waals surface area contributed by atoms with E-state index < -0.39 is 0 Å². The molecule has 1 heterocycles. The van der Waals surface area contributed by atoms with Crippen molar-refractivity contribution in [2.75, 3.05) is 5.73 Å². The fourth-order valence-electron chi connectivity index (χ4n) is 2.56. The number of benzene rings is 1. The van der Waals surface area contributed by atoms with Crippen LogP contribution in [-0.4, -0.2) is 9.55 Å². The summed E-state index contributed by atoms with van der Waals surface area (Å²) < 4.78 is 3.22. The molecule has 0 spiro atoms. The van der Waals surface area contributed by atoms with Gasteiger partial charge >= 0.3 is 0 Å². The summed E-state index contributed by atoms with van der Waals surface area (Å²) in [7, 11) is 0. The number of hydrogen-bond acceptors (Lipinski definition) is 2. The molecule has 1 saturated carbocycles. The summed E-state index contributed by atoms with van der Waals surface area (Å²) in [6, 6.07) is 4.64. The van der Waals surface area contributed by atoms with Crippen molar-refractivity contribution in [2.45, 2.75) is 31.7 Å². The Kier molecular flexibility index (Phi) is 2.39. The van der Waals surface area contributed by atoms with E-state index in [1.54, 1.807) is 0 Å². The van der Waals surface area contributed by atoms with E-state index in [1.165, 1.54) is 31.2 Å². The average Bonchev–Trinajstić information content (AvgIpc) is 2.91. The largest absolute Gasteiger partial charge is 0.398 e. The van der Waals surface area contributed by atoms with Crippen molar-refractivity contribution in [1.29, 1.82) is 0 Å². The summed E-state index contributed by atoms with van der Waals surface area (Å²) in [6.45, 7) is 0. The molecule has 3 nitrogen and oxygen atoms in total. The summed E-state index contributed by atoms with van der Waals surface area (Å²) >= 11 is 3.50. The number of nitrogens with two attached hydrogens (primary N) is 1. The van der Waals surface area contributed by atoms with Gasteiger partial charge in [-0.3, -0.25) is 0 Å². The Bertz CT molecular complexity index is 526. The van der Waals surface area contributed by atoms with Gasteiger partial charge in [-0.15, -0.1) is 0 Å². The van der Waals surface area contributed by atoms with Gasteiger partial charge in [-0.1, -0.05) is 12.8 Å². The number of fused-ring (bicyclic) bond motifs is 1. The van der Waals surface area contributed by atoms with E-state index >= 15 is 0 Å². The molecule has 0 unspecified atom stereocenters. The molecule has 84 valence electrons. The molecule has 0 atom stereocenters. The average molecular weight is 280 g/mol. The molecule has 0 aliphatic heterocycles. The number of nitrogens with zero attached hydrogens (tertiary/aromatic N) is 2. The van der Waals surface area contributed by atoms with Crippen molar-refractivity contribution >= 4 is 32.7 Å². The highest BCUT2D eigenvalue weighted by Crippen LogP contribution is 2.35. The molecule has 0 radical (unpaired) electrons. The highest BCUT2D eigenvalue weighted by Gasteiger charge is 2.19. The SMILES string of the molecule is Nc1ccc2c(ncn2C2CCCC2)c1Br. The quantitative estimate of drug-likeness (QED) is 0.812. The van der Waals surface area contributed by atoms with Gasteiger partial charge in [0.1, 0.15) is 5.52 Å².